The van der Waals surface area contributed by atoms with Crippen LogP contribution < -0.4 is 0 Å². The first kappa shape index (κ1) is 17.1. The number of unbranched alkanes of at least 4 members (excludes halogenated alkanes) is 2. The number of aliphatic hydroxyl groups is 1. The van der Waals surface area contributed by atoms with E-state index in [4.69, 9.17) is 0 Å². The van der Waals surface area contributed by atoms with Gasteiger partial charge in [-0.25, -0.2) is 0 Å². The Balaban J connectivity index is 4.29. The molecule has 0 saturated carbocycles. The van der Waals surface area contributed by atoms with Crippen molar-refractivity contribution in [2.45, 2.75) is 71.8 Å². The topological polar surface area (TPSA) is 37.3 Å². The summed E-state index contributed by atoms with van der Waals surface area (Å²) < 4.78 is 0. The van der Waals surface area contributed by atoms with Gasteiger partial charge in [-0.15, -0.1) is 0 Å². The molecule has 2 nitrogen and oxygen atoms in total. The van der Waals surface area contributed by atoms with Gasteiger partial charge in [0.2, 0.25) is 0 Å². The lowest BCUT2D eigenvalue weighted by Crippen LogP contribution is -2.33. The maximum atomic E-state index is 11.8. The summed E-state index contributed by atoms with van der Waals surface area (Å²) >= 11 is 0. The largest absolute Gasteiger partial charge is 0.382 e. The highest BCUT2D eigenvalue weighted by Crippen LogP contribution is 2.15. The van der Waals surface area contributed by atoms with Gasteiger partial charge in [0.05, 0.1) is 0 Å². The van der Waals surface area contributed by atoms with Crippen molar-refractivity contribution >= 4 is 5.78 Å². The Morgan fingerprint density at radius 2 is 1.83 bits per heavy atom. The fourth-order valence-electron chi connectivity index (χ4n) is 1.66. The molecule has 0 aliphatic heterocycles. The van der Waals surface area contributed by atoms with Gasteiger partial charge in [-0.1, -0.05) is 50.8 Å². The van der Waals surface area contributed by atoms with Crippen LogP contribution in [-0.2, 0) is 4.79 Å². The lowest BCUT2D eigenvalue weighted by Gasteiger charge is -2.19. The Bertz CT molecular complexity index is 298. The minimum atomic E-state index is -1.21. The molecule has 0 spiro atoms. The van der Waals surface area contributed by atoms with Gasteiger partial charge >= 0.3 is 0 Å². The molecule has 0 aromatic heterocycles. The molecular weight excluding hydrogens is 224 g/mol. The van der Waals surface area contributed by atoms with Crippen LogP contribution in [0.15, 0.2) is 23.8 Å². The molecule has 0 amide bonds. The zero-order chi connectivity index (χ0) is 14.0. The Hall–Kier alpha value is -0.890. The van der Waals surface area contributed by atoms with Crippen molar-refractivity contribution in [2.75, 3.05) is 0 Å². The first-order chi connectivity index (χ1) is 8.44. The SMILES string of the molecule is CCCC/C(C)=C/C=C\C(=O)C(C)(O)CCCC. The van der Waals surface area contributed by atoms with E-state index in [1.54, 1.807) is 13.0 Å². The molecule has 1 unspecified atom stereocenters. The standard InChI is InChI=1S/C16H28O2/c1-5-7-10-14(3)11-9-12-15(17)16(4,18)13-8-6-2/h9,11-12,18H,5-8,10,13H2,1-4H3/b12-9-,14-11+. The molecule has 0 aromatic carbocycles. The zero-order valence-corrected chi connectivity index (χ0v) is 12.3. The highest BCUT2D eigenvalue weighted by molar-refractivity contribution is 5.96. The first-order valence-corrected chi connectivity index (χ1v) is 7.04. The molecule has 0 saturated heterocycles. The molecule has 0 aliphatic carbocycles. The van der Waals surface area contributed by atoms with Crippen LogP contribution in [-0.4, -0.2) is 16.5 Å². The maximum absolute atomic E-state index is 11.8. The van der Waals surface area contributed by atoms with Crippen molar-refractivity contribution in [3.63, 3.8) is 0 Å². The van der Waals surface area contributed by atoms with E-state index in [1.165, 1.54) is 24.5 Å². The third kappa shape index (κ3) is 7.44. The summed E-state index contributed by atoms with van der Waals surface area (Å²) in [5.74, 6) is -0.199. The van der Waals surface area contributed by atoms with Crippen molar-refractivity contribution in [3.8, 4) is 0 Å². The monoisotopic (exact) mass is 252 g/mol. The molecule has 0 aliphatic rings. The van der Waals surface area contributed by atoms with Gasteiger partial charge in [0, 0.05) is 0 Å². The molecule has 0 heterocycles. The number of ketones is 1. The average Bonchev–Trinajstić information content (AvgIpc) is 2.33. The second-order valence-electron chi connectivity index (χ2n) is 5.22. The lowest BCUT2D eigenvalue weighted by molar-refractivity contribution is -0.131. The van der Waals surface area contributed by atoms with Crippen LogP contribution in [0.4, 0.5) is 0 Å². The Labute approximate surface area is 112 Å². The van der Waals surface area contributed by atoms with Crippen molar-refractivity contribution in [1.82, 2.24) is 0 Å². The smallest absolute Gasteiger partial charge is 0.186 e. The summed E-state index contributed by atoms with van der Waals surface area (Å²) in [5.41, 5.74) is 0.0617. The van der Waals surface area contributed by atoms with Gasteiger partial charge < -0.3 is 5.11 Å². The highest BCUT2D eigenvalue weighted by atomic mass is 16.3. The van der Waals surface area contributed by atoms with E-state index in [0.29, 0.717) is 6.42 Å². The predicted octanol–water partition coefficient (Wildman–Crippen LogP) is 4.19. The molecule has 0 radical (unpaired) electrons. The molecule has 2 heteroatoms. The van der Waals surface area contributed by atoms with Crippen molar-refractivity contribution in [2.24, 2.45) is 0 Å². The minimum absolute atomic E-state index is 0.199. The molecule has 0 aromatic rings. The fourth-order valence-corrected chi connectivity index (χ4v) is 1.66. The quantitative estimate of drug-likeness (QED) is 0.493. The maximum Gasteiger partial charge on any atom is 0.186 e. The summed E-state index contributed by atoms with van der Waals surface area (Å²) in [6, 6.07) is 0. The molecule has 1 atom stereocenters. The zero-order valence-electron chi connectivity index (χ0n) is 12.3. The first-order valence-electron chi connectivity index (χ1n) is 7.04. The van der Waals surface area contributed by atoms with Crippen LogP contribution in [0.25, 0.3) is 0 Å². The van der Waals surface area contributed by atoms with Gasteiger partial charge in [-0.3, -0.25) is 4.79 Å². The summed E-state index contributed by atoms with van der Waals surface area (Å²) in [6.45, 7) is 7.89. The molecule has 0 rings (SSSR count). The number of allylic oxidation sites excluding steroid dienone is 3. The van der Waals surface area contributed by atoms with E-state index >= 15 is 0 Å². The molecular formula is C16H28O2. The Morgan fingerprint density at radius 1 is 1.22 bits per heavy atom. The molecule has 18 heavy (non-hydrogen) atoms. The molecule has 0 fully saturated rings. The number of carbonyl (C=O) groups excluding carboxylic acids is 1. The molecule has 0 bridgehead atoms. The average molecular weight is 252 g/mol. The van der Waals surface area contributed by atoms with Crippen molar-refractivity contribution < 1.29 is 9.90 Å². The third-order valence-electron chi connectivity index (χ3n) is 3.10. The van der Waals surface area contributed by atoms with Crippen LogP contribution in [0.5, 0.6) is 0 Å². The van der Waals surface area contributed by atoms with E-state index in [2.05, 4.69) is 20.8 Å². The van der Waals surface area contributed by atoms with Crippen LogP contribution >= 0.6 is 0 Å². The number of hydrogen-bond acceptors (Lipinski definition) is 2. The molecule has 104 valence electrons. The van der Waals surface area contributed by atoms with Crippen LogP contribution in [0.1, 0.15) is 66.2 Å². The summed E-state index contributed by atoms with van der Waals surface area (Å²) in [7, 11) is 0. The van der Waals surface area contributed by atoms with Crippen LogP contribution in [0.2, 0.25) is 0 Å². The fraction of sp³-hybridized carbons (Fsp3) is 0.688. The Kier molecular flexibility index (Phi) is 8.65. The number of rotatable bonds is 9. The van der Waals surface area contributed by atoms with Crippen molar-refractivity contribution in [3.05, 3.63) is 23.8 Å². The van der Waals surface area contributed by atoms with Gasteiger partial charge in [0.25, 0.3) is 0 Å². The Morgan fingerprint density at radius 3 is 2.39 bits per heavy atom. The van der Waals surface area contributed by atoms with E-state index in [9.17, 15) is 9.90 Å². The highest BCUT2D eigenvalue weighted by Gasteiger charge is 2.26. The van der Waals surface area contributed by atoms with E-state index < -0.39 is 5.60 Å². The van der Waals surface area contributed by atoms with Gasteiger partial charge in [0.15, 0.2) is 5.78 Å². The summed E-state index contributed by atoms with van der Waals surface area (Å²) in [4.78, 5) is 11.8. The van der Waals surface area contributed by atoms with E-state index in [0.717, 1.165) is 19.3 Å². The predicted molar refractivity (Wildman–Crippen MR) is 77.6 cm³/mol. The van der Waals surface area contributed by atoms with Crippen molar-refractivity contribution in [1.29, 1.82) is 0 Å². The second-order valence-corrected chi connectivity index (χ2v) is 5.22. The van der Waals surface area contributed by atoms with Crippen LogP contribution in [0, 0.1) is 0 Å². The van der Waals surface area contributed by atoms with Gasteiger partial charge in [0.1, 0.15) is 5.60 Å². The van der Waals surface area contributed by atoms with Crippen LogP contribution in [0.3, 0.4) is 0 Å². The van der Waals surface area contributed by atoms with E-state index in [1.807, 2.05) is 6.08 Å². The van der Waals surface area contributed by atoms with Gasteiger partial charge in [-0.2, -0.15) is 0 Å². The second kappa shape index (κ2) is 9.09. The normalized spacial score (nSPS) is 15.9. The minimum Gasteiger partial charge on any atom is -0.382 e. The van der Waals surface area contributed by atoms with Gasteiger partial charge in [-0.05, 0) is 39.2 Å². The number of carbonyl (C=O) groups is 1. The number of hydrogen-bond donors (Lipinski definition) is 1. The lowest BCUT2D eigenvalue weighted by atomic mass is 9.94. The third-order valence-corrected chi connectivity index (χ3v) is 3.10. The summed E-state index contributed by atoms with van der Waals surface area (Å²) in [6.07, 6.45) is 11.0. The molecule has 1 N–H and O–H groups in total. The van der Waals surface area contributed by atoms with E-state index in [-0.39, 0.29) is 5.78 Å². The summed E-state index contributed by atoms with van der Waals surface area (Å²) in [5, 5.41) is 10.00.